The number of hydrogen-bond acceptors (Lipinski definition) is 2. The number of fused-ring (bicyclic) bond motifs is 1. The normalized spacial score (nSPS) is 21.6. The molecule has 21 heavy (non-hydrogen) atoms. The van der Waals surface area contributed by atoms with E-state index in [1.54, 1.807) is 10.6 Å². The molecule has 1 aromatic heterocycles. The minimum atomic E-state index is -0.887. The summed E-state index contributed by atoms with van der Waals surface area (Å²) in [5, 5.41) is 10.2. The largest absolute Gasteiger partial charge is 0.477 e. The first kappa shape index (κ1) is 14.1. The van der Waals surface area contributed by atoms with Crippen molar-refractivity contribution in [3.63, 3.8) is 0 Å². The fraction of sp³-hybridized carbons (Fsp3) is 0.471. The average Bonchev–Trinajstić information content (AvgIpc) is 2.75. The van der Waals surface area contributed by atoms with Crippen LogP contribution in [0, 0.1) is 0 Å². The van der Waals surface area contributed by atoms with Crippen LogP contribution >= 0.6 is 0 Å². The summed E-state index contributed by atoms with van der Waals surface area (Å²) in [7, 11) is 1.81. The highest BCUT2D eigenvalue weighted by molar-refractivity contribution is 5.94. The molecule has 0 saturated carbocycles. The lowest BCUT2D eigenvalue weighted by Crippen LogP contribution is -2.32. The van der Waals surface area contributed by atoms with Crippen LogP contribution in [0.4, 0.5) is 0 Å². The van der Waals surface area contributed by atoms with Crippen molar-refractivity contribution in [1.82, 2.24) is 4.57 Å². The van der Waals surface area contributed by atoms with Crippen molar-refractivity contribution < 1.29 is 14.6 Å². The maximum Gasteiger partial charge on any atom is 0.352 e. The SMILES string of the molecule is Cn1c(C(=O)O)cc2ccc(C3CCOC(C)(C)C3)cc21. The second-order valence-electron chi connectivity index (χ2n) is 6.51. The Morgan fingerprint density at radius 1 is 1.38 bits per heavy atom. The van der Waals surface area contributed by atoms with E-state index in [-0.39, 0.29) is 5.60 Å². The van der Waals surface area contributed by atoms with E-state index < -0.39 is 5.97 Å². The second kappa shape index (κ2) is 4.88. The number of aromatic nitrogens is 1. The number of ether oxygens (including phenoxy) is 1. The molecule has 1 N–H and O–H groups in total. The van der Waals surface area contributed by atoms with E-state index in [1.807, 2.05) is 13.1 Å². The van der Waals surface area contributed by atoms with Crippen molar-refractivity contribution in [3.05, 3.63) is 35.5 Å². The zero-order valence-corrected chi connectivity index (χ0v) is 12.7. The number of rotatable bonds is 2. The van der Waals surface area contributed by atoms with Crippen LogP contribution < -0.4 is 0 Å². The third-order valence-electron chi connectivity index (χ3n) is 4.46. The van der Waals surface area contributed by atoms with Crippen LogP contribution in [0.15, 0.2) is 24.3 Å². The molecule has 4 heteroatoms. The summed E-state index contributed by atoms with van der Waals surface area (Å²) in [5.41, 5.74) is 2.50. The molecule has 0 bridgehead atoms. The number of aromatic carboxylic acids is 1. The number of aryl methyl sites for hydroxylation is 1. The van der Waals surface area contributed by atoms with E-state index in [1.165, 1.54) is 5.56 Å². The Morgan fingerprint density at radius 2 is 2.14 bits per heavy atom. The van der Waals surface area contributed by atoms with Crippen LogP contribution in [0.5, 0.6) is 0 Å². The number of nitrogens with zero attached hydrogens (tertiary/aromatic N) is 1. The lowest BCUT2D eigenvalue weighted by Gasteiger charge is -2.35. The zero-order chi connectivity index (χ0) is 15.2. The van der Waals surface area contributed by atoms with Crippen molar-refractivity contribution in [1.29, 1.82) is 0 Å². The molecule has 1 aliphatic heterocycles. The number of benzene rings is 1. The average molecular weight is 287 g/mol. The Labute approximate surface area is 124 Å². The highest BCUT2D eigenvalue weighted by atomic mass is 16.5. The number of carbonyl (C=O) groups is 1. The third-order valence-corrected chi connectivity index (χ3v) is 4.46. The Morgan fingerprint density at radius 3 is 2.81 bits per heavy atom. The zero-order valence-electron chi connectivity index (χ0n) is 12.7. The van der Waals surface area contributed by atoms with Crippen molar-refractivity contribution in [2.45, 2.75) is 38.2 Å². The summed E-state index contributed by atoms with van der Waals surface area (Å²) in [6, 6.07) is 8.02. The fourth-order valence-corrected chi connectivity index (χ4v) is 3.32. The van der Waals surface area contributed by atoms with Crippen LogP contribution in [-0.2, 0) is 11.8 Å². The van der Waals surface area contributed by atoms with Crippen molar-refractivity contribution in [2.75, 3.05) is 6.61 Å². The molecule has 1 unspecified atom stereocenters. The molecule has 1 fully saturated rings. The van der Waals surface area contributed by atoms with Gasteiger partial charge in [-0.25, -0.2) is 4.79 Å². The Hall–Kier alpha value is -1.81. The van der Waals surface area contributed by atoms with E-state index in [0.29, 0.717) is 11.6 Å². The molecule has 0 spiro atoms. The van der Waals surface area contributed by atoms with E-state index in [9.17, 15) is 9.90 Å². The van der Waals surface area contributed by atoms with Gasteiger partial charge in [-0.05, 0) is 50.3 Å². The second-order valence-corrected chi connectivity index (χ2v) is 6.51. The molecule has 2 heterocycles. The lowest BCUT2D eigenvalue weighted by atomic mass is 9.83. The first-order valence-electron chi connectivity index (χ1n) is 7.34. The van der Waals surface area contributed by atoms with Crippen LogP contribution in [0.2, 0.25) is 0 Å². The van der Waals surface area contributed by atoms with Crippen LogP contribution in [0.1, 0.15) is 48.7 Å². The molecular formula is C17H21NO3. The van der Waals surface area contributed by atoms with Crippen molar-refractivity contribution in [3.8, 4) is 0 Å². The summed E-state index contributed by atoms with van der Waals surface area (Å²) in [5.74, 6) is -0.413. The van der Waals surface area contributed by atoms with Gasteiger partial charge in [0.1, 0.15) is 5.69 Å². The van der Waals surface area contributed by atoms with Gasteiger partial charge in [0.05, 0.1) is 5.60 Å². The molecule has 1 atom stereocenters. The summed E-state index contributed by atoms with van der Waals surface area (Å²) in [4.78, 5) is 11.2. The summed E-state index contributed by atoms with van der Waals surface area (Å²) >= 11 is 0. The molecule has 2 aromatic rings. The summed E-state index contributed by atoms with van der Waals surface area (Å²) in [6.07, 6.45) is 2.01. The third kappa shape index (κ3) is 2.56. The smallest absolute Gasteiger partial charge is 0.352 e. The van der Waals surface area contributed by atoms with Gasteiger partial charge < -0.3 is 14.4 Å². The van der Waals surface area contributed by atoms with Crippen LogP contribution in [0.3, 0.4) is 0 Å². The molecule has 112 valence electrons. The standard InChI is InChI=1S/C17H21NO3/c1-17(2)10-13(6-7-21-17)11-4-5-12-9-15(16(19)20)18(3)14(12)8-11/h4-5,8-9,13H,6-7,10H2,1-3H3,(H,19,20). The maximum atomic E-state index is 11.2. The number of carboxylic acid groups (broad SMARTS) is 1. The van der Waals surface area contributed by atoms with Crippen molar-refractivity contribution in [2.24, 2.45) is 7.05 Å². The Bertz CT molecular complexity index is 699. The van der Waals surface area contributed by atoms with E-state index in [0.717, 1.165) is 30.4 Å². The van der Waals surface area contributed by atoms with E-state index in [4.69, 9.17) is 4.74 Å². The number of hydrogen-bond donors (Lipinski definition) is 1. The molecule has 1 aromatic carbocycles. The predicted octanol–water partition coefficient (Wildman–Crippen LogP) is 3.55. The minimum absolute atomic E-state index is 0.0850. The molecule has 0 aliphatic carbocycles. The van der Waals surface area contributed by atoms with Crippen LogP contribution in [-0.4, -0.2) is 27.9 Å². The van der Waals surface area contributed by atoms with Gasteiger partial charge in [-0.3, -0.25) is 0 Å². The van der Waals surface area contributed by atoms with Gasteiger partial charge >= 0.3 is 5.97 Å². The lowest BCUT2D eigenvalue weighted by molar-refractivity contribution is -0.0592. The maximum absolute atomic E-state index is 11.2. The van der Waals surface area contributed by atoms with Crippen molar-refractivity contribution >= 4 is 16.9 Å². The molecule has 1 aliphatic rings. The Kier molecular flexibility index (Phi) is 3.29. The van der Waals surface area contributed by atoms with Gasteiger partial charge in [0, 0.05) is 24.6 Å². The van der Waals surface area contributed by atoms with Crippen LogP contribution in [0.25, 0.3) is 10.9 Å². The van der Waals surface area contributed by atoms with Gasteiger partial charge in [0.2, 0.25) is 0 Å². The summed E-state index contributed by atoms with van der Waals surface area (Å²) in [6.45, 7) is 5.04. The quantitative estimate of drug-likeness (QED) is 0.919. The Balaban J connectivity index is 2.01. The highest BCUT2D eigenvalue weighted by Gasteiger charge is 2.29. The van der Waals surface area contributed by atoms with Gasteiger partial charge in [-0.15, -0.1) is 0 Å². The first-order valence-corrected chi connectivity index (χ1v) is 7.34. The molecule has 4 nitrogen and oxygen atoms in total. The minimum Gasteiger partial charge on any atom is -0.477 e. The monoisotopic (exact) mass is 287 g/mol. The number of carboxylic acids is 1. The van der Waals surface area contributed by atoms with E-state index in [2.05, 4.69) is 26.0 Å². The topological polar surface area (TPSA) is 51.5 Å². The molecule has 1 saturated heterocycles. The molecule has 0 amide bonds. The molecule has 0 radical (unpaired) electrons. The van der Waals surface area contributed by atoms with E-state index >= 15 is 0 Å². The van der Waals surface area contributed by atoms with Gasteiger partial charge in [0.15, 0.2) is 0 Å². The van der Waals surface area contributed by atoms with Gasteiger partial charge in [-0.2, -0.15) is 0 Å². The highest BCUT2D eigenvalue weighted by Crippen LogP contribution is 2.36. The van der Waals surface area contributed by atoms with Gasteiger partial charge in [0.25, 0.3) is 0 Å². The predicted molar refractivity (Wildman–Crippen MR) is 81.9 cm³/mol. The summed E-state index contributed by atoms with van der Waals surface area (Å²) < 4.78 is 7.54. The van der Waals surface area contributed by atoms with Gasteiger partial charge in [-0.1, -0.05) is 12.1 Å². The molecular weight excluding hydrogens is 266 g/mol. The molecule has 3 rings (SSSR count). The fourth-order valence-electron chi connectivity index (χ4n) is 3.32. The first-order chi connectivity index (χ1) is 9.87.